The lowest BCUT2D eigenvalue weighted by molar-refractivity contribution is 0.838. The first kappa shape index (κ1) is 9.80. The molecule has 0 radical (unpaired) electrons. The third kappa shape index (κ3) is 1.62. The molecule has 0 aliphatic rings. The zero-order valence-corrected chi connectivity index (χ0v) is 8.71. The minimum atomic E-state index is -0.192. The maximum absolute atomic E-state index is 11.7. The zero-order valence-electron chi connectivity index (χ0n) is 7.96. The smallest absolute Gasteiger partial charge is 0.278 e. The highest BCUT2D eigenvalue weighted by atomic mass is 35.5. The minimum absolute atomic E-state index is 0.192. The second kappa shape index (κ2) is 3.44. The molecular formula is C11H9ClN2O. The number of hydrogen-bond donors (Lipinski definition) is 1. The average molecular weight is 221 g/mol. The third-order valence-corrected chi connectivity index (χ3v) is 2.41. The van der Waals surface area contributed by atoms with Gasteiger partial charge in [0.2, 0.25) is 0 Å². The van der Waals surface area contributed by atoms with Crippen LogP contribution >= 0.6 is 11.6 Å². The van der Waals surface area contributed by atoms with E-state index < -0.39 is 0 Å². The predicted molar refractivity (Wildman–Crippen MR) is 61.7 cm³/mol. The first-order valence-electron chi connectivity index (χ1n) is 4.34. The van der Waals surface area contributed by atoms with Crippen molar-refractivity contribution in [3.8, 4) is 5.69 Å². The van der Waals surface area contributed by atoms with Gasteiger partial charge >= 0.3 is 0 Å². The molecule has 3 nitrogen and oxygen atoms in total. The van der Waals surface area contributed by atoms with Crippen molar-refractivity contribution in [2.45, 2.75) is 0 Å². The summed E-state index contributed by atoms with van der Waals surface area (Å²) in [5.74, 6) is 0. The molecule has 0 aliphatic carbocycles. The van der Waals surface area contributed by atoms with E-state index >= 15 is 0 Å². The normalized spacial score (nSPS) is 10.5. The monoisotopic (exact) mass is 220 g/mol. The average Bonchev–Trinajstić information content (AvgIpc) is 2.47. The number of H-pyrrole nitrogens is 1. The van der Waals surface area contributed by atoms with Crippen LogP contribution in [0.15, 0.2) is 29.1 Å². The predicted octanol–water partition coefficient (Wildman–Crippen LogP) is 0.640. The lowest BCUT2D eigenvalue weighted by Gasteiger charge is -2.00. The van der Waals surface area contributed by atoms with E-state index in [0.717, 1.165) is 0 Å². The van der Waals surface area contributed by atoms with Gasteiger partial charge < -0.3 is 0 Å². The number of aromatic nitrogens is 2. The van der Waals surface area contributed by atoms with Crippen LogP contribution < -0.4 is 16.1 Å². The fourth-order valence-corrected chi connectivity index (χ4v) is 1.42. The van der Waals surface area contributed by atoms with Gasteiger partial charge in [0, 0.05) is 5.02 Å². The molecule has 0 spiro atoms. The van der Waals surface area contributed by atoms with Gasteiger partial charge in [-0.25, -0.2) is 4.68 Å². The summed E-state index contributed by atoms with van der Waals surface area (Å²) in [7, 11) is 0. The summed E-state index contributed by atoms with van der Waals surface area (Å²) < 4.78 is 1.39. The van der Waals surface area contributed by atoms with Crippen molar-refractivity contribution in [3.05, 3.63) is 50.2 Å². The van der Waals surface area contributed by atoms with Gasteiger partial charge in [-0.05, 0) is 24.3 Å². The largest absolute Gasteiger partial charge is 0.291 e. The number of benzene rings is 1. The fraction of sp³-hybridized carbons (Fsp3) is 0. The molecule has 4 heteroatoms. The summed E-state index contributed by atoms with van der Waals surface area (Å²) in [6, 6.07) is 6.93. The van der Waals surface area contributed by atoms with Crippen LogP contribution in [-0.2, 0) is 0 Å². The van der Waals surface area contributed by atoms with Crippen molar-refractivity contribution in [1.29, 1.82) is 0 Å². The Morgan fingerprint density at radius 1 is 1.20 bits per heavy atom. The number of rotatable bonds is 1. The Bertz CT molecular complexity index is 637. The summed E-state index contributed by atoms with van der Waals surface area (Å²) in [6.07, 6.45) is 0. The Morgan fingerprint density at radius 2 is 1.80 bits per heavy atom. The Morgan fingerprint density at radius 3 is 2.27 bits per heavy atom. The minimum Gasteiger partial charge on any atom is -0.291 e. The SMILES string of the molecule is C=c1[nH]n(-c2ccc(Cl)cc2)c(=O)c1=C. The van der Waals surface area contributed by atoms with E-state index in [1.807, 2.05) is 0 Å². The van der Waals surface area contributed by atoms with Crippen LogP contribution in [-0.4, -0.2) is 9.78 Å². The molecule has 0 saturated carbocycles. The van der Waals surface area contributed by atoms with E-state index in [4.69, 9.17) is 11.6 Å². The summed E-state index contributed by atoms with van der Waals surface area (Å²) >= 11 is 5.75. The number of aromatic amines is 1. The first-order valence-corrected chi connectivity index (χ1v) is 4.72. The number of halogens is 1. The van der Waals surface area contributed by atoms with Crippen molar-refractivity contribution in [2.75, 3.05) is 0 Å². The zero-order chi connectivity index (χ0) is 11.0. The fourth-order valence-electron chi connectivity index (χ4n) is 1.29. The molecule has 0 fully saturated rings. The Kier molecular flexibility index (Phi) is 2.25. The van der Waals surface area contributed by atoms with Gasteiger partial charge in [-0.2, -0.15) is 0 Å². The number of nitrogens with one attached hydrogen (secondary N) is 1. The van der Waals surface area contributed by atoms with Gasteiger partial charge in [0.15, 0.2) is 0 Å². The molecule has 0 aliphatic heterocycles. The Balaban J connectivity index is 2.70. The second-order valence-corrected chi connectivity index (χ2v) is 3.62. The number of hydrogen-bond acceptors (Lipinski definition) is 1. The number of nitrogens with zero attached hydrogens (tertiary/aromatic N) is 1. The van der Waals surface area contributed by atoms with E-state index in [0.29, 0.717) is 21.3 Å². The van der Waals surface area contributed by atoms with Gasteiger partial charge in [-0.15, -0.1) is 0 Å². The van der Waals surface area contributed by atoms with Crippen LogP contribution in [0.1, 0.15) is 0 Å². The van der Waals surface area contributed by atoms with Crippen LogP contribution in [0.25, 0.3) is 18.8 Å². The van der Waals surface area contributed by atoms with Crippen LogP contribution in [0.3, 0.4) is 0 Å². The van der Waals surface area contributed by atoms with Crippen LogP contribution in [0.5, 0.6) is 0 Å². The molecule has 1 aromatic heterocycles. The lowest BCUT2D eigenvalue weighted by atomic mass is 10.3. The molecule has 0 saturated heterocycles. The summed E-state index contributed by atoms with van der Waals surface area (Å²) in [4.78, 5) is 11.7. The first-order chi connectivity index (χ1) is 7.09. The quantitative estimate of drug-likeness (QED) is 0.753. The van der Waals surface area contributed by atoms with E-state index in [1.165, 1.54) is 4.68 Å². The lowest BCUT2D eigenvalue weighted by Crippen LogP contribution is -2.32. The van der Waals surface area contributed by atoms with Crippen molar-refractivity contribution in [1.82, 2.24) is 9.78 Å². The van der Waals surface area contributed by atoms with Gasteiger partial charge in [0.1, 0.15) is 0 Å². The maximum atomic E-state index is 11.7. The van der Waals surface area contributed by atoms with Crippen molar-refractivity contribution >= 4 is 24.8 Å². The maximum Gasteiger partial charge on any atom is 0.278 e. The summed E-state index contributed by atoms with van der Waals surface area (Å²) in [5, 5.41) is 4.37. The standard InChI is InChI=1S/C11H9ClN2O/c1-7-8(2)13-14(11(7)15)10-5-3-9(12)4-6-10/h3-6,13H,1-2H2. The van der Waals surface area contributed by atoms with Crippen LogP contribution in [0.4, 0.5) is 0 Å². The van der Waals surface area contributed by atoms with Crippen LogP contribution in [0.2, 0.25) is 5.02 Å². The van der Waals surface area contributed by atoms with E-state index in [9.17, 15) is 4.79 Å². The molecule has 0 unspecified atom stereocenters. The molecule has 2 aromatic rings. The van der Waals surface area contributed by atoms with Gasteiger partial charge in [0.25, 0.3) is 5.56 Å². The third-order valence-electron chi connectivity index (χ3n) is 2.16. The molecule has 2 rings (SSSR count). The molecule has 1 aromatic carbocycles. The molecule has 76 valence electrons. The van der Waals surface area contributed by atoms with Crippen molar-refractivity contribution in [3.63, 3.8) is 0 Å². The molecular weight excluding hydrogens is 212 g/mol. The van der Waals surface area contributed by atoms with Gasteiger partial charge in [0.05, 0.1) is 16.3 Å². The molecule has 1 heterocycles. The summed E-state index contributed by atoms with van der Waals surface area (Å²) in [6.45, 7) is 7.31. The van der Waals surface area contributed by atoms with Crippen LogP contribution in [0, 0.1) is 0 Å². The summed E-state index contributed by atoms with van der Waals surface area (Å²) in [5.41, 5.74) is 0.520. The van der Waals surface area contributed by atoms with Gasteiger partial charge in [-0.3, -0.25) is 9.89 Å². The Labute approximate surface area is 90.9 Å². The Hall–Kier alpha value is -1.74. The molecule has 15 heavy (non-hydrogen) atoms. The van der Waals surface area contributed by atoms with Crippen molar-refractivity contribution in [2.24, 2.45) is 0 Å². The van der Waals surface area contributed by atoms with Crippen molar-refractivity contribution < 1.29 is 0 Å². The van der Waals surface area contributed by atoms with E-state index in [1.54, 1.807) is 24.3 Å². The molecule has 1 N–H and O–H groups in total. The van der Waals surface area contributed by atoms with Gasteiger partial charge in [-0.1, -0.05) is 24.8 Å². The topological polar surface area (TPSA) is 37.8 Å². The molecule has 0 atom stereocenters. The molecule has 0 amide bonds. The van der Waals surface area contributed by atoms with E-state index in [-0.39, 0.29) is 5.56 Å². The highest BCUT2D eigenvalue weighted by Gasteiger charge is 2.02. The highest BCUT2D eigenvalue weighted by Crippen LogP contribution is 2.10. The molecule has 0 bridgehead atoms. The van der Waals surface area contributed by atoms with E-state index in [2.05, 4.69) is 18.3 Å². The second-order valence-electron chi connectivity index (χ2n) is 3.19. The highest BCUT2D eigenvalue weighted by molar-refractivity contribution is 6.30.